The first-order chi connectivity index (χ1) is 15.8. The molecule has 0 bridgehead atoms. The van der Waals surface area contributed by atoms with E-state index in [4.69, 9.17) is 4.74 Å². The summed E-state index contributed by atoms with van der Waals surface area (Å²) in [7, 11) is 0. The molecule has 2 aliphatic rings. The molecule has 2 aromatic rings. The molecule has 3 unspecified atom stereocenters. The lowest BCUT2D eigenvalue weighted by atomic mass is 10.1. The summed E-state index contributed by atoms with van der Waals surface area (Å²) in [6.45, 7) is 5.46. The predicted octanol–water partition coefficient (Wildman–Crippen LogP) is 2.74. The summed E-state index contributed by atoms with van der Waals surface area (Å²) in [6, 6.07) is 13.2. The van der Waals surface area contributed by atoms with Crippen LogP contribution in [-0.4, -0.2) is 54.5 Å². The summed E-state index contributed by atoms with van der Waals surface area (Å²) in [5.41, 5.74) is 1.63. The monoisotopic (exact) mass is 453 g/mol. The van der Waals surface area contributed by atoms with E-state index in [9.17, 15) is 18.8 Å². The maximum absolute atomic E-state index is 14.0. The smallest absolute Gasteiger partial charge is 0.254 e. The number of halogens is 1. The van der Waals surface area contributed by atoms with E-state index in [0.29, 0.717) is 18.7 Å². The van der Waals surface area contributed by atoms with Crippen LogP contribution in [0.5, 0.6) is 0 Å². The first-order valence-electron chi connectivity index (χ1n) is 11.2. The van der Waals surface area contributed by atoms with Gasteiger partial charge in [-0.3, -0.25) is 14.4 Å². The fourth-order valence-corrected chi connectivity index (χ4v) is 4.41. The van der Waals surface area contributed by atoms with Gasteiger partial charge in [-0.2, -0.15) is 0 Å². The molecular formula is C25H28FN3O4. The molecule has 4 rings (SSSR count). The minimum absolute atomic E-state index is 0.00367. The summed E-state index contributed by atoms with van der Waals surface area (Å²) >= 11 is 0. The minimum atomic E-state index is -0.539. The van der Waals surface area contributed by atoms with Gasteiger partial charge in [0.1, 0.15) is 5.82 Å². The Balaban J connectivity index is 1.31. The molecule has 7 nitrogen and oxygen atoms in total. The number of nitrogens with zero attached hydrogens (tertiary/aromatic N) is 2. The van der Waals surface area contributed by atoms with Crippen LogP contribution in [0.4, 0.5) is 10.1 Å². The molecule has 0 aliphatic carbocycles. The lowest BCUT2D eigenvalue weighted by molar-refractivity contribution is -0.126. The van der Waals surface area contributed by atoms with Gasteiger partial charge in [-0.25, -0.2) is 4.39 Å². The van der Waals surface area contributed by atoms with Crippen LogP contribution < -0.4 is 10.2 Å². The van der Waals surface area contributed by atoms with Crippen molar-refractivity contribution in [2.75, 3.05) is 24.5 Å². The molecule has 0 radical (unpaired) electrons. The van der Waals surface area contributed by atoms with Gasteiger partial charge in [-0.05, 0) is 43.7 Å². The maximum Gasteiger partial charge on any atom is 0.254 e. The fraction of sp³-hybridized carbons (Fsp3) is 0.400. The van der Waals surface area contributed by atoms with Gasteiger partial charge in [0.05, 0.1) is 23.8 Å². The van der Waals surface area contributed by atoms with E-state index < -0.39 is 11.7 Å². The number of ether oxygens (including phenoxy) is 1. The number of para-hydroxylation sites is 1. The molecule has 2 heterocycles. The van der Waals surface area contributed by atoms with Gasteiger partial charge in [0.2, 0.25) is 11.8 Å². The van der Waals surface area contributed by atoms with Gasteiger partial charge in [0, 0.05) is 38.2 Å². The van der Waals surface area contributed by atoms with Crippen LogP contribution in [0.25, 0.3) is 0 Å². The van der Waals surface area contributed by atoms with Crippen LogP contribution in [0.1, 0.15) is 36.2 Å². The molecule has 174 valence electrons. The van der Waals surface area contributed by atoms with E-state index in [-0.39, 0.29) is 55.1 Å². The van der Waals surface area contributed by atoms with Crippen LogP contribution in [0, 0.1) is 11.7 Å². The number of anilines is 1. The number of nitrogens with one attached hydrogen (secondary N) is 1. The van der Waals surface area contributed by atoms with E-state index >= 15 is 0 Å². The van der Waals surface area contributed by atoms with E-state index in [2.05, 4.69) is 5.32 Å². The SMILES string of the molecule is CC1CN(C(=O)c2ccc(CNC(=O)C3CC(=O)N(c4ccccc4F)C3)cc2)CC(C)O1. The van der Waals surface area contributed by atoms with Crippen LogP contribution in [0.15, 0.2) is 48.5 Å². The second-order valence-electron chi connectivity index (χ2n) is 8.74. The second-order valence-corrected chi connectivity index (χ2v) is 8.74. The van der Waals surface area contributed by atoms with Crippen molar-refractivity contribution in [1.29, 1.82) is 0 Å². The maximum atomic E-state index is 14.0. The number of amides is 3. The Bertz CT molecular complexity index is 1030. The first kappa shape index (κ1) is 22.9. The average Bonchev–Trinajstić information content (AvgIpc) is 3.18. The Labute approximate surface area is 192 Å². The van der Waals surface area contributed by atoms with Crippen LogP contribution in [-0.2, 0) is 20.9 Å². The third kappa shape index (κ3) is 5.22. The quantitative estimate of drug-likeness (QED) is 0.755. The number of hydrogen-bond donors (Lipinski definition) is 1. The van der Waals surface area contributed by atoms with E-state index in [1.165, 1.54) is 17.0 Å². The lowest BCUT2D eigenvalue weighted by Crippen LogP contribution is -2.48. The Hall–Kier alpha value is -3.26. The highest BCUT2D eigenvalue weighted by Gasteiger charge is 2.36. The molecule has 3 amide bonds. The van der Waals surface area contributed by atoms with Gasteiger partial charge >= 0.3 is 0 Å². The molecule has 2 aromatic carbocycles. The van der Waals surface area contributed by atoms with Crippen molar-refractivity contribution in [3.63, 3.8) is 0 Å². The summed E-state index contributed by atoms with van der Waals surface area (Å²) < 4.78 is 19.7. The number of hydrogen-bond acceptors (Lipinski definition) is 4. The highest BCUT2D eigenvalue weighted by atomic mass is 19.1. The van der Waals surface area contributed by atoms with Crippen LogP contribution >= 0.6 is 0 Å². The molecule has 0 saturated carbocycles. The summed E-state index contributed by atoms with van der Waals surface area (Å²) in [6.07, 6.45) is 0.0530. The molecule has 1 N–H and O–H groups in total. The Morgan fingerprint density at radius 3 is 2.36 bits per heavy atom. The van der Waals surface area contributed by atoms with Gasteiger partial charge in [0.25, 0.3) is 5.91 Å². The van der Waals surface area contributed by atoms with Crippen LogP contribution in [0.2, 0.25) is 0 Å². The Morgan fingerprint density at radius 1 is 1.03 bits per heavy atom. The van der Waals surface area contributed by atoms with Crippen molar-refractivity contribution >= 4 is 23.4 Å². The highest BCUT2D eigenvalue weighted by molar-refractivity contribution is 6.00. The number of rotatable bonds is 5. The third-order valence-electron chi connectivity index (χ3n) is 6.01. The standard InChI is InChI=1S/C25H28FN3O4/c1-16-13-28(14-17(2)33-16)25(32)19-9-7-18(8-10-19)12-27-24(31)20-11-23(30)29(15-20)22-6-4-3-5-21(22)26/h3-10,16-17,20H,11-15H2,1-2H3,(H,27,31). The van der Waals surface area contributed by atoms with E-state index in [1.54, 1.807) is 29.2 Å². The zero-order valence-electron chi connectivity index (χ0n) is 18.8. The molecule has 2 aliphatic heterocycles. The molecular weight excluding hydrogens is 425 g/mol. The number of benzene rings is 2. The number of carbonyl (C=O) groups excluding carboxylic acids is 3. The predicted molar refractivity (Wildman–Crippen MR) is 121 cm³/mol. The van der Waals surface area contributed by atoms with Crippen molar-refractivity contribution in [3.05, 3.63) is 65.5 Å². The zero-order valence-corrected chi connectivity index (χ0v) is 18.8. The van der Waals surface area contributed by atoms with Crippen LogP contribution in [0.3, 0.4) is 0 Å². The normalized spacial score (nSPS) is 23.0. The van der Waals surface area contributed by atoms with Crippen molar-refractivity contribution in [3.8, 4) is 0 Å². The van der Waals surface area contributed by atoms with Gasteiger partial charge in [0.15, 0.2) is 0 Å². The second kappa shape index (κ2) is 9.70. The lowest BCUT2D eigenvalue weighted by Gasteiger charge is -2.35. The number of morpholine rings is 1. The summed E-state index contributed by atoms with van der Waals surface area (Å²) in [5.74, 6) is -1.58. The molecule has 3 atom stereocenters. The topological polar surface area (TPSA) is 79.0 Å². The summed E-state index contributed by atoms with van der Waals surface area (Å²) in [5, 5.41) is 2.85. The average molecular weight is 454 g/mol. The van der Waals surface area contributed by atoms with Crippen molar-refractivity contribution in [2.24, 2.45) is 5.92 Å². The molecule has 8 heteroatoms. The zero-order chi connectivity index (χ0) is 23.5. The Kier molecular flexibility index (Phi) is 6.74. The van der Waals surface area contributed by atoms with Crippen molar-refractivity contribution < 1.29 is 23.5 Å². The van der Waals surface area contributed by atoms with Crippen molar-refractivity contribution in [2.45, 2.75) is 39.0 Å². The minimum Gasteiger partial charge on any atom is -0.372 e. The summed E-state index contributed by atoms with van der Waals surface area (Å²) in [4.78, 5) is 40.8. The van der Waals surface area contributed by atoms with Gasteiger partial charge in [-0.1, -0.05) is 24.3 Å². The molecule has 0 aromatic heterocycles. The fourth-order valence-electron chi connectivity index (χ4n) is 4.41. The molecule has 0 spiro atoms. The van der Waals surface area contributed by atoms with Gasteiger partial charge < -0.3 is 19.9 Å². The van der Waals surface area contributed by atoms with Crippen molar-refractivity contribution in [1.82, 2.24) is 10.2 Å². The molecule has 2 saturated heterocycles. The molecule has 2 fully saturated rings. The van der Waals surface area contributed by atoms with E-state index in [0.717, 1.165) is 5.56 Å². The first-order valence-corrected chi connectivity index (χ1v) is 11.2. The largest absolute Gasteiger partial charge is 0.372 e. The third-order valence-corrected chi connectivity index (χ3v) is 6.01. The molecule has 33 heavy (non-hydrogen) atoms. The van der Waals surface area contributed by atoms with E-state index in [1.807, 2.05) is 26.0 Å². The highest BCUT2D eigenvalue weighted by Crippen LogP contribution is 2.27. The number of carbonyl (C=O) groups is 3. The Morgan fingerprint density at radius 2 is 1.70 bits per heavy atom. The van der Waals surface area contributed by atoms with Gasteiger partial charge in [-0.15, -0.1) is 0 Å².